The van der Waals surface area contributed by atoms with Gasteiger partial charge >= 0.3 is 0 Å². The maximum Gasteiger partial charge on any atom is 0.128 e. The topological polar surface area (TPSA) is 24.1 Å². The van der Waals surface area contributed by atoms with Crippen molar-refractivity contribution in [3.8, 4) is 0 Å². The molecule has 1 atom stereocenters. The van der Waals surface area contributed by atoms with Crippen LogP contribution in [0.2, 0.25) is 0 Å². The molecular weight excluding hydrogens is 222 g/mol. The lowest BCUT2D eigenvalue weighted by Crippen LogP contribution is -2.35. The van der Waals surface area contributed by atoms with Gasteiger partial charge in [0.1, 0.15) is 11.6 Å². The van der Waals surface area contributed by atoms with Crippen molar-refractivity contribution in [1.82, 2.24) is 10.6 Å². The molecular formula is C13H18F2N2. The quantitative estimate of drug-likeness (QED) is 0.846. The van der Waals surface area contributed by atoms with E-state index in [0.29, 0.717) is 11.5 Å². The first-order valence-corrected chi connectivity index (χ1v) is 6.05. The van der Waals surface area contributed by atoms with Crippen molar-refractivity contribution in [2.24, 2.45) is 5.92 Å². The summed E-state index contributed by atoms with van der Waals surface area (Å²) in [6, 6.07) is 3.57. The summed E-state index contributed by atoms with van der Waals surface area (Å²) in [5, 5.41) is 6.40. The van der Waals surface area contributed by atoms with E-state index in [1.807, 2.05) is 0 Å². The van der Waals surface area contributed by atoms with E-state index in [1.54, 1.807) is 7.05 Å². The van der Waals surface area contributed by atoms with E-state index in [0.717, 1.165) is 32.0 Å². The molecule has 0 aromatic heterocycles. The molecule has 4 heteroatoms. The zero-order valence-corrected chi connectivity index (χ0v) is 9.97. The maximum absolute atomic E-state index is 13.7. The number of benzene rings is 1. The van der Waals surface area contributed by atoms with E-state index < -0.39 is 0 Å². The number of nitrogens with one attached hydrogen (secondary N) is 2. The van der Waals surface area contributed by atoms with Crippen LogP contribution >= 0.6 is 0 Å². The highest BCUT2D eigenvalue weighted by Gasteiger charge is 2.25. The highest BCUT2D eigenvalue weighted by atomic mass is 19.1. The molecule has 1 saturated heterocycles. The van der Waals surface area contributed by atoms with Gasteiger partial charge in [-0.3, -0.25) is 0 Å². The van der Waals surface area contributed by atoms with Gasteiger partial charge in [-0.25, -0.2) is 8.78 Å². The second kappa shape index (κ2) is 5.56. The predicted octanol–water partition coefficient (Wildman–Crippen LogP) is 2.22. The van der Waals surface area contributed by atoms with E-state index in [1.165, 1.54) is 12.1 Å². The normalized spacial score (nSPS) is 19.2. The van der Waals surface area contributed by atoms with Gasteiger partial charge in [0, 0.05) is 11.6 Å². The Morgan fingerprint density at radius 1 is 1.29 bits per heavy atom. The molecule has 1 unspecified atom stereocenters. The fourth-order valence-electron chi connectivity index (χ4n) is 2.58. The lowest BCUT2D eigenvalue weighted by molar-refractivity contribution is 0.288. The van der Waals surface area contributed by atoms with Gasteiger partial charge < -0.3 is 10.6 Å². The fraction of sp³-hybridized carbons (Fsp3) is 0.538. The molecule has 2 N–H and O–H groups in total. The first-order valence-electron chi connectivity index (χ1n) is 6.05. The smallest absolute Gasteiger partial charge is 0.128 e. The number of hydrogen-bond donors (Lipinski definition) is 2. The molecule has 0 radical (unpaired) electrons. The van der Waals surface area contributed by atoms with E-state index >= 15 is 0 Å². The Labute approximate surface area is 100 Å². The van der Waals surface area contributed by atoms with Crippen molar-refractivity contribution in [3.63, 3.8) is 0 Å². The molecule has 0 aliphatic carbocycles. The Morgan fingerprint density at radius 3 is 2.65 bits per heavy atom. The SMILES string of the molecule is CNC(c1cc(F)ccc1F)C1CCNCC1. The highest BCUT2D eigenvalue weighted by molar-refractivity contribution is 5.23. The first kappa shape index (κ1) is 12.5. The molecule has 0 spiro atoms. The van der Waals surface area contributed by atoms with Crippen LogP contribution in [0.5, 0.6) is 0 Å². The largest absolute Gasteiger partial charge is 0.317 e. The van der Waals surface area contributed by atoms with Crippen LogP contribution in [0.4, 0.5) is 8.78 Å². The summed E-state index contributed by atoms with van der Waals surface area (Å²) < 4.78 is 26.9. The van der Waals surface area contributed by atoms with Gasteiger partial charge in [-0.2, -0.15) is 0 Å². The van der Waals surface area contributed by atoms with E-state index in [4.69, 9.17) is 0 Å². The van der Waals surface area contributed by atoms with Crippen LogP contribution < -0.4 is 10.6 Å². The van der Waals surface area contributed by atoms with Crippen molar-refractivity contribution in [3.05, 3.63) is 35.4 Å². The highest BCUT2D eigenvalue weighted by Crippen LogP contribution is 2.30. The summed E-state index contributed by atoms with van der Waals surface area (Å²) in [5.41, 5.74) is 0.444. The lowest BCUT2D eigenvalue weighted by Gasteiger charge is -2.31. The van der Waals surface area contributed by atoms with Gasteiger partial charge in [0.2, 0.25) is 0 Å². The molecule has 1 aliphatic heterocycles. The minimum Gasteiger partial charge on any atom is -0.317 e. The van der Waals surface area contributed by atoms with Crippen LogP contribution in [-0.4, -0.2) is 20.1 Å². The molecule has 1 aromatic rings. The van der Waals surface area contributed by atoms with Crippen molar-refractivity contribution >= 4 is 0 Å². The van der Waals surface area contributed by atoms with E-state index in [-0.39, 0.29) is 17.7 Å². The standard InChI is InChI=1S/C13H18F2N2/c1-16-13(9-4-6-17-7-5-9)11-8-10(14)2-3-12(11)15/h2-3,8-9,13,16-17H,4-7H2,1H3. The first-order chi connectivity index (χ1) is 8.22. The zero-order chi connectivity index (χ0) is 12.3. The molecule has 1 fully saturated rings. The second-order valence-electron chi connectivity index (χ2n) is 4.52. The van der Waals surface area contributed by atoms with E-state index in [9.17, 15) is 8.78 Å². The van der Waals surface area contributed by atoms with Gasteiger partial charge in [0.05, 0.1) is 0 Å². The van der Waals surface area contributed by atoms with Gasteiger partial charge in [-0.1, -0.05) is 0 Å². The Balaban J connectivity index is 2.24. The molecule has 2 rings (SSSR count). The van der Waals surface area contributed by atoms with Gasteiger partial charge in [-0.05, 0) is 57.1 Å². The summed E-state index contributed by atoms with van der Waals surface area (Å²) in [6.45, 7) is 1.89. The number of hydrogen-bond acceptors (Lipinski definition) is 2. The number of rotatable bonds is 3. The molecule has 1 aromatic carbocycles. The second-order valence-corrected chi connectivity index (χ2v) is 4.52. The number of halogens is 2. The molecule has 2 nitrogen and oxygen atoms in total. The zero-order valence-electron chi connectivity index (χ0n) is 9.97. The predicted molar refractivity (Wildman–Crippen MR) is 63.8 cm³/mol. The third-order valence-electron chi connectivity index (χ3n) is 3.46. The summed E-state index contributed by atoms with van der Waals surface area (Å²) in [4.78, 5) is 0. The Morgan fingerprint density at radius 2 is 2.00 bits per heavy atom. The fourth-order valence-corrected chi connectivity index (χ4v) is 2.58. The number of piperidine rings is 1. The average Bonchev–Trinajstić information content (AvgIpc) is 2.36. The Kier molecular flexibility index (Phi) is 4.07. The summed E-state index contributed by atoms with van der Waals surface area (Å²) in [6.07, 6.45) is 1.98. The third-order valence-corrected chi connectivity index (χ3v) is 3.46. The van der Waals surface area contributed by atoms with Crippen LogP contribution in [-0.2, 0) is 0 Å². The molecule has 17 heavy (non-hydrogen) atoms. The molecule has 0 bridgehead atoms. The molecule has 0 saturated carbocycles. The van der Waals surface area contributed by atoms with Crippen LogP contribution in [0.3, 0.4) is 0 Å². The van der Waals surface area contributed by atoms with Crippen molar-refractivity contribution in [2.75, 3.05) is 20.1 Å². The Bertz CT molecular complexity index is 376. The average molecular weight is 240 g/mol. The maximum atomic E-state index is 13.7. The summed E-state index contributed by atoms with van der Waals surface area (Å²) in [5.74, 6) is -0.350. The Hall–Kier alpha value is -1.00. The molecule has 1 aliphatic rings. The summed E-state index contributed by atoms with van der Waals surface area (Å²) >= 11 is 0. The van der Waals surface area contributed by atoms with Crippen molar-refractivity contribution in [1.29, 1.82) is 0 Å². The van der Waals surface area contributed by atoms with E-state index in [2.05, 4.69) is 10.6 Å². The van der Waals surface area contributed by atoms with Crippen LogP contribution in [0.25, 0.3) is 0 Å². The van der Waals surface area contributed by atoms with Crippen molar-refractivity contribution < 1.29 is 8.78 Å². The molecule has 1 heterocycles. The van der Waals surface area contributed by atoms with Gasteiger partial charge in [0.25, 0.3) is 0 Å². The molecule has 94 valence electrons. The van der Waals surface area contributed by atoms with Gasteiger partial charge in [0.15, 0.2) is 0 Å². The summed E-state index contributed by atoms with van der Waals surface area (Å²) in [7, 11) is 1.80. The lowest BCUT2D eigenvalue weighted by atomic mass is 9.86. The van der Waals surface area contributed by atoms with Crippen molar-refractivity contribution in [2.45, 2.75) is 18.9 Å². The van der Waals surface area contributed by atoms with Crippen LogP contribution in [0.15, 0.2) is 18.2 Å². The van der Waals surface area contributed by atoms with Gasteiger partial charge in [-0.15, -0.1) is 0 Å². The minimum atomic E-state index is -0.379. The third kappa shape index (κ3) is 2.82. The van der Waals surface area contributed by atoms with Crippen LogP contribution in [0.1, 0.15) is 24.4 Å². The monoisotopic (exact) mass is 240 g/mol. The minimum absolute atomic E-state index is 0.104. The van der Waals surface area contributed by atoms with Crippen LogP contribution in [0, 0.1) is 17.6 Å². The molecule has 0 amide bonds.